The van der Waals surface area contributed by atoms with E-state index >= 15 is 0 Å². The maximum absolute atomic E-state index is 12.0. The Morgan fingerprint density at radius 1 is 1.29 bits per heavy atom. The zero-order valence-electron chi connectivity index (χ0n) is 14.4. The lowest BCUT2D eigenvalue weighted by Crippen LogP contribution is -2.41. The van der Waals surface area contributed by atoms with Crippen LogP contribution in [0.25, 0.3) is 0 Å². The van der Waals surface area contributed by atoms with Gasteiger partial charge >= 0.3 is 5.97 Å². The number of benzene rings is 1. The van der Waals surface area contributed by atoms with E-state index in [4.69, 9.17) is 4.74 Å². The third-order valence-corrected chi connectivity index (χ3v) is 6.17. The molecule has 1 N–H and O–H groups in total. The molecular weight excluding hydrogens is 390 g/mol. The smallest absolute Gasteiger partial charge is 0.317 e. The molecule has 0 spiro atoms. The molecule has 0 aliphatic heterocycles. The number of hydrogen-bond acceptors (Lipinski definition) is 4. The van der Waals surface area contributed by atoms with Crippen molar-refractivity contribution in [3.63, 3.8) is 0 Å². The van der Waals surface area contributed by atoms with Crippen molar-refractivity contribution in [2.75, 3.05) is 5.75 Å². The summed E-state index contributed by atoms with van der Waals surface area (Å²) >= 11 is 4.94. The first kappa shape index (κ1) is 19.3. The minimum Gasteiger partial charge on any atom is -0.452 e. The summed E-state index contributed by atoms with van der Waals surface area (Å²) in [5.41, 5.74) is 2.23. The Labute approximate surface area is 156 Å². The van der Waals surface area contributed by atoms with Gasteiger partial charge < -0.3 is 10.1 Å². The van der Waals surface area contributed by atoms with Crippen molar-refractivity contribution < 1.29 is 14.3 Å². The van der Waals surface area contributed by atoms with Crippen LogP contribution < -0.4 is 5.32 Å². The molecule has 0 radical (unpaired) electrons. The number of aryl methyl sites for hydroxylation is 2. The highest BCUT2D eigenvalue weighted by molar-refractivity contribution is 9.10. The van der Waals surface area contributed by atoms with E-state index in [1.807, 2.05) is 26.0 Å². The van der Waals surface area contributed by atoms with Gasteiger partial charge in [0, 0.05) is 15.4 Å². The van der Waals surface area contributed by atoms with E-state index in [1.54, 1.807) is 6.92 Å². The number of halogens is 1. The SMILES string of the molecule is Cc1cc(SCC(=O)O[C@H](C)C(=O)NC2CCCC2)c(C)cc1Br. The standard InChI is InChI=1S/C18H24BrNO3S/c1-11-9-16(12(2)8-15(11)19)24-10-17(21)23-13(3)18(22)20-14-6-4-5-7-14/h8-9,13-14H,4-7,10H2,1-3H3,(H,20,22)/t13-/m1/s1. The highest BCUT2D eigenvalue weighted by Gasteiger charge is 2.23. The summed E-state index contributed by atoms with van der Waals surface area (Å²) in [6.07, 6.45) is 3.60. The van der Waals surface area contributed by atoms with E-state index in [-0.39, 0.29) is 23.7 Å². The Morgan fingerprint density at radius 3 is 2.62 bits per heavy atom. The third-order valence-electron chi connectivity index (χ3n) is 4.18. The van der Waals surface area contributed by atoms with Crippen molar-refractivity contribution in [3.8, 4) is 0 Å². The van der Waals surface area contributed by atoms with E-state index in [9.17, 15) is 9.59 Å². The molecular formula is C18H24BrNO3S. The molecule has 0 unspecified atom stereocenters. The molecule has 0 saturated heterocycles. The van der Waals surface area contributed by atoms with Crippen LogP contribution in [0.15, 0.2) is 21.5 Å². The average Bonchev–Trinajstić information content (AvgIpc) is 3.02. The van der Waals surface area contributed by atoms with Gasteiger partial charge in [0.15, 0.2) is 6.10 Å². The van der Waals surface area contributed by atoms with Crippen LogP contribution in [0, 0.1) is 13.8 Å². The highest BCUT2D eigenvalue weighted by atomic mass is 79.9. The van der Waals surface area contributed by atoms with Crippen LogP contribution in [-0.2, 0) is 14.3 Å². The third kappa shape index (κ3) is 5.52. The Hall–Kier alpha value is -1.01. The van der Waals surface area contributed by atoms with Gasteiger partial charge in [0.2, 0.25) is 0 Å². The molecule has 1 atom stereocenters. The quantitative estimate of drug-likeness (QED) is 0.561. The number of hydrogen-bond donors (Lipinski definition) is 1. The Bertz CT molecular complexity index is 615. The van der Waals surface area contributed by atoms with Gasteiger partial charge in [-0.25, -0.2) is 0 Å². The van der Waals surface area contributed by atoms with Crippen molar-refractivity contribution in [3.05, 3.63) is 27.7 Å². The van der Waals surface area contributed by atoms with Crippen molar-refractivity contribution in [2.45, 2.75) is 63.5 Å². The van der Waals surface area contributed by atoms with E-state index in [1.165, 1.54) is 11.8 Å². The fourth-order valence-corrected chi connectivity index (χ4v) is 4.07. The lowest BCUT2D eigenvalue weighted by Gasteiger charge is -2.17. The summed E-state index contributed by atoms with van der Waals surface area (Å²) in [6, 6.07) is 4.33. The van der Waals surface area contributed by atoms with Crippen LogP contribution in [0.2, 0.25) is 0 Å². The molecule has 2 rings (SSSR count). The largest absolute Gasteiger partial charge is 0.452 e. The van der Waals surface area contributed by atoms with Crippen LogP contribution in [-0.4, -0.2) is 29.8 Å². The van der Waals surface area contributed by atoms with Gasteiger partial charge in [-0.05, 0) is 56.9 Å². The summed E-state index contributed by atoms with van der Waals surface area (Å²) in [6.45, 7) is 5.65. The Balaban J connectivity index is 1.80. The molecule has 1 aromatic carbocycles. The van der Waals surface area contributed by atoms with Crippen LogP contribution in [0.5, 0.6) is 0 Å². The molecule has 1 saturated carbocycles. The number of thioether (sulfide) groups is 1. The van der Waals surface area contributed by atoms with Gasteiger partial charge in [0.25, 0.3) is 5.91 Å². The first-order valence-corrected chi connectivity index (χ1v) is 10.0. The second-order valence-electron chi connectivity index (χ2n) is 6.28. The summed E-state index contributed by atoms with van der Waals surface area (Å²) in [5.74, 6) is -0.367. The molecule has 132 valence electrons. The zero-order valence-corrected chi connectivity index (χ0v) is 16.8. The summed E-state index contributed by atoms with van der Waals surface area (Å²) in [7, 11) is 0. The number of carbonyl (C=O) groups is 2. The molecule has 0 aromatic heterocycles. The Morgan fingerprint density at radius 2 is 1.96 bits per heavy atom. The fraction of sp³-hybridized carbons (Fsp3) is 0.556. The van der Waals surface area contributed by atoms with E-state index < -0.39 is 6.10 Å². The first-order chi connectivity index (χ1) is 11.4. The zero-order chi connectivity index (χ0) is 17.7. The topological polar surface area (TPSA) is 55.4 Å². The van der Waals surface area contributed by atoms with Gasteiger partial charge in [-0.3, -0.25) is 9.59 Å². The maximum atomic E-state index is 12.0. The highest BCUT2D eigenvalue weighted by Crippen LogP contribution is 2.28. The lowest BCUT2D eigenvalue weighted by molar-refractivity contribution is -0.152. The predicted octanol–water partition coefficient (Wildman–Crippen LogP) is 4.15. The first-order valence-electron chi connectivity index (χ1n) is 8.26. The normalized spacial score (nSPS) is 16.0. The van der Waals surface area contributed by atoms with Crippen LogP contribution >= 0.6 is 27.7 Å². The second-order valence-corrected chi connectivity index (χ2v) is 8.15. The molecule has 1 amide bonds. The molecule has 0 heterocycles. The van der Waals surface area contributed by atoms with Crippen LogP contribution in [0.1, 0.15) is 43.7 Å². The summed E-state index contributed by atoms with van der Waals surface area (Å²) < 4.78 is 6.32. The second kappa shape index (κ2) is 8.90. The van der Waals surface area contributed by atoms with Gasteiger partial charge in [0.1, 0.15) is 0 Å². The van der Waals surface area contributed by atoms with Crippen LogP contribution in [0.4, 0.5) is 0 Å². The van der Waals surface area contributed by atoms with Gasteiger partial charge in [-0.1, -0.05) is 28.8 Å². The number of nitrogens with one attached hydrogen (secondary N) is 1. The molecule has 6 heteroatoms. The van der Waals surface area contributed by atoms with E-state index in [0.29, 0.717) is 0 Å². The monoisotopic (exact) mass is 413 g/mol. The van der Waals surface area contributed by atoms with Gasteiger partial charge in [-0.15, -0.1) is 11.8 Å². The van der Waals surface area contributed by atoms with Crippen molar-refractivity contribution >= 4 is 39.6 Å². The van der Waals surface area contributed by atoms with Crippen molar-refractivity contribution in [1.82, 2.24) is 5.32 Å². The number of carbonyl (C=O) groups excluding carboxylic acids is 2. The number of esters is 1. The fourth-order valence-electron chi connectivity index (χ4n) is 2.72. The van der Waals surface area contributed by atoms with E-state index in [2.05, 4.69) is 21.2 Å². The van der Waals surface area contributed by atoms with Gasteiger partial charge in [0.05, 0.1) is 5.75 Å². The lowest BCUT2D eigenvalue weighted by atomic mass is 10.2. The number of rotatable bonds is 6. The minimum atomic E-state index is -0.744. The predicted molar refractivity (Wildman–Crippen MR) is 100 cm³/mol. The molecule has 1 aromatic rings. The molecule has 1 aliphatic rings. The summed E-state index contributed by atoms with van der Waals surface area (Å²) in [5, 5.41) is 2.95. The van der Waals surface area contributed by atoms with Crippen molar-refractivity contribution in [2.24, 2.45) is 0 Å². The molecule has 1 fully saturated rings. The van der Waals surface area contributed by atoms with Gasteiger partial charge in [-0.2, -0.15) is 0 Å². The molecule has 4 nitrogen and oxygen atoms in total. The maximum Gasteiger partial charge on any atom is 0.317 e. The van der Waals surface area contributed by atoms with E-state index in [0.717, 1.165) is 46.2 Å². The molecule has 0 bridgehead atoms. The summed E-state index contributed by atoms with van der Waals surface area (Å²) in [4.78, 5) is 25.1. The number of ether oxygens (including phenoxy) is 1. The van der Waals surface area contributed by atoms with Crippen molar-refractivity contribution in [1.29, 1.82) is 0 Å². The minimum absolute atomic E-state index is 0.197. The molecule has 24 heavy (non-hydrogen) atoms. The average molecular weight is 414 g/mol. The molecule has 1 aliphatic carbocycles. The Kier molecular flexibility index (Phi) is 7.16. The van der Waals surface area contributed by atoms with Crippen LogP contribution in [0.3, 0.4) is 0 Å². The number of amides is 1.